The average molecular weight is 238 g/mol. The minimum atomic E-state index is 0.835. The van der Waals surface area contributed by atoms with Gasteiger partial charge in [0.1, 0.15) is 0 Å². The third-order valence-electron chi connectivity index (χ3n) is 4.66. The highest BCUT2D eigenvalue weighted by Gasteiger charge is 2.19. The number of hydrogen-bond donors (Lipinski definition) is 1. The van der Waals surface area contributed by atoms with Crippen molar-refractivity contribution < 1.29 is 0 Å². The van der Waals surface area contributed by atoms with Crippen LogP contribution < -0.4 is 5.32 Å². The molecule has 100 valence electrons. The van der Waals surface area contributed by atoms with Gasteiger partial charge in [-0.3, -0.25) is 4.90 Å². The SMILES string of the molecule is CCC1CCCCCN1CCNC1CCCC1. The summed E-state index contributed by atoms with van der Waals surface area (Å²) in [6, 6.07) is 1.70. The first-order valence-corrected chi connectivity index (χ1v) is 7.87. The maximum absolute atomic E-state index is 3.75. The smallest absolute Gasteiger partial charge is 0.0110 e. The zero-order valence-corrected chi connectivity index (χ0v) is 11.6. The van der Waals surface area contributed by atoms with Crippen molar-refractivity contribution in [2.24, 2.45) is 0 Å². The number of hydrogen-bond acceptors (Lipinski definition) is 2. The molecule has 2 fully saturated rings. The summed E-state index contributed by atoms with van der Waals surface area (Å²) in [6.07, 6.45) is 12.8. The highest BCUT2D eigenvalue weighted by atomic mass is 15.2. The van der Waals surface area contributed by atoms with E-state index in [2.05, 4.69) is 17.1 Å². The Morgan fingerprint density at radius 1 is 1.00 bits per heavy atom. The molecule has 1 unspecified atom stereocenters. The summed E-state index contributed by atoms with van der Waals surface area (Å²) in [5, 5.41) is 3.75. The van der Waals surface area contributed by atoms with E-state index in [0.717, 1.165) is 12.1 Å². The fraction of sp³-hybridized carbons (Fsp3) is 1.00. The maximum atomic E-state index is 3.75. The Balaban J connectivity index is 1.67. The lowest BCUT2D eigenvalue weighted by Gasteiger charge is -2.29. The molecule has 1 atom stereocenters. The second-order valence-electron chi connectivity index (χ2n) is 5.88. The minimum Gasteiger partial charge on any atom is -0.313 e. The third-order valence-corrected chi connectivity index (χ3v) is 4.66. The second kappa shape index (κ2) is 7.38. The summed E-state index contributed by atoms with van der Waals surface area (Å²) >= 11 is 0. The molecule has 0 amide bonds. The van der Waals surface area contributed by atoms with Crippen molar-refractivity contribution in [3.8, 4) is 0 Å². The van der Waals surface area contributed by atoms with E-state index < -0.39 is 0 Å². The van der Waals surface area contributed by atoms with E-state index in [-0.39, 0.29) is 0 Å². The molecule has 0 bridgehead atoms. The Morgan fingerprint density at radius 3 is 2.53 bits per heavy atom. The van der Waals surface area contributed by atoms with Gasteiger partial charge in [0.05, 0.1) is 0 Å². The lowest BCUT2D eigenvalue weighted by molar-refractivity contribution is 0.193. The minimum absolute atomic E-state index is 0.835. The zero-order valence-electron chi connectivity index (χ0n) is 11.6. The summed E-state index contributed by atoms with van der Waals surface area (Å²) in [4.78, 5) is 2.74. The number of rotatable bonds is 5. The zero-order chi connectivity index (χ0) is 11.9. The van der Waals surface area contributed by atoms with E-state index in [9.17, 15) is 0 Å². The van der Waals surface area contributed by atoms with Gasteiger partial charge in [-0.15, -0.1) is 0 Å². The lowest BCUT2D eigenvalue weighted by Crippen LogP contribution is -2.41. The molecule has 2 aliphatic rings. The van der Waals surface area contributed by atoms with Crippen molar-refractivity contribution in [3.05, 3.63) is 0 Å². The fourth-order valence-electron chi connectivity index (χ4n) is 3.54. The molecule has 0 spiro atoms. The van der Waals surface area contributed by atoms with Crippen LogP contribution in [0.15, 0.2) is 0 Å². The van der Waals surface area contributed by atoms with Gasteiger partial charge in [-0.05, 0) is 38.6 Å². The van der Waals surface area contributed by atoms with Gasteiger partial charge in [-0.2, -0.15) is 0 Å². The molecule has 1 aliphatic carbocycles. The summed E-state index contributed by atoms with van der Waals surface area (Å²) < 4.78 is 0. The average Bonchev–Trinajstić information content (AvgIpc) is 2.75. The van der Waals surface area contributed by atoms with Gasteiger partial charge in [0, 0.05) is 25.2 Å². The molecular weight excluding hydrogens is 208 g/mol. The van der Waals surface area contributed by atoms with E-state index in [4.69, 9.17) is 0 Å². The predicted molar refractivity (Wildman–Crippen MR) is 74.4 cm³/mol. The van der Waals surface area contributed by atoms with Gasteiger partial charge in [0.2, 0.25) is 0 Å². The summed E-state index contributed by atoms with van der Waals surface area (Å²) in [7, 11) is 0. The quantitative estimate of drug-likeness (QED) is 0.791. The summed E-state index contributed by atoms with van der Waals surface area (Å²) in [6.45, 7) is 6.18. The van der Waals surface area contributed by atoms with Gasteiger partial charge in [-0.25, -0.2) is 0 Å². The van der Waals surface area contributed by atoms with Crippen LogP contribution in [0.3, 0.4) is 0 Å². The Bertz CT molecular complexity index is 199. The molecule has 1 N–H and O–H groups in total. The van der Waals surface area contributed by atoms with Crippen LogP contribution in [0.1, 0.15) is 64.7 Å². The molecule has 1 saturated carbocycles. The number of likely N-dealkylation sites (tertiary alicyclic amines) is 1. The van der Waals surface area contributed by atoms with Crippen molar-refractivity contribution in [2.45, 2.75) is 76.8 Å². The van der Waals surface area contributed by atoms with Crippen LogP contribution in [0.2, 0.25) is 0 Å². The van der Waals surface area contributed by atoms with Crippen molar-refractivity contribution in [3.63, 3.8) is 0 Å². The van der Waals surface area contributed by atoms with Gasteiger partial charge in [-0.1, -0.05) is 32.6 Å². The Kier molecular flexibility index (Phi) is 5.79. The van der Waals surface area contributed by atoms with Crippen molar-refractivity contribution >= 4 is 0 Å². The first kappa shape index (κ1) is 13.4. The topological polar surface area (TPSA) is 15.3 Å². The number of nitrogens with one attached hydrogen (secondary N) is 1. The van der Waals surface area contributed by atoms with Crippen molar-refractivity contribution in [2.75, 3.05) is 19.6 Å². The fourth-order valence-corrected chi connectivity index (χ4v) is 3.54. The van der Waals surface area contributed by atoms with Crippen LogP contribution in [-0.2, 0) is 0 Å². The molecule has 0 radical (unpaired) electrons. The van der Waals surface area contributed by atoms with E-state index in [1.54, 1.807) is 0 Å². The summed E-state index contributed by atoms with van der Waals surface area (Å²) in [5.41, 5.74) is 0. The van der Waals surface area contributed by atoms with Crippen molar-refractivity contribution in [1.29, 1.82) is 0 Å². The van der Waals surface area contributed by atoms with Gasteiger partial charge in [0.15, 0.2) is 0 Å². The predicted octanol–water partition coefficient (Wildman–Crippen LogP) is 3.17. The largest absolute Gasteiger partial charge is 0.313 e. The Labute approximate surface area is 107 Å². The third kappa shape index (κ3) is 4.26. The monoisotopic (exact) mass is 238 g/mol. The molecule has 1 heterocycles. The molecule has 2 heteroatoms. The molecule has 0 aromatic heterocycles. The van der Waals surface area contributed by atoms with Gasteiger partial charge >= 0.3 is 0 Å². The van der Waals surface area contributed by atoms with Gasteiger partial charge in [0.25, 0.3) is 0 Å². The standard InChI is InChI=1S/C15H30N2/c1-2-15-10-4-3-7-12-17(15)13-11-16-14-8-5-6-9-14/h14-16H,2-13H2,1H3. The van der Waals surface area contributed by atoms with Crippen LogP contribution in [-0.4, -0.2) is 36.6 Å². The maximum Gasteiger partial charge on any atom is 0.0110 e. The molecule has 17 heavy (non-hydrogen) atoms. The van der Waals surface area contributed by atoms with E-state index >= 15 is 0 Å². The second-order valence-corrected chi connectivity index (χ2v) is 5.88. The normalized spacial score (nSPS) is 28.4. The lowest BCUT2D eigenvalue weighted by atomic mass is 10.1. The van der Waals surface area contributed by atoms with E-state index in [1.807, 2.05) is 0 Å². The van der Waals surface area contributed by atoms with E-state index in [0.29, 0.717) is 0 Å². The highest BCUT2D eigenvalue weighted by Crippen LogP contribution is 2.19. The molecular formula is C15H30N2. The highest BCUT2D eigenvalue weighted by molar-refractivity contribution is 4.77. The number of nitrogens with zero attached hydrogens (tertiary/aromatic N) is 1. The van der Waals surface area contributed by atoms with Gasteiger partial charge < -0.3 is 5.32 Å². The molecule has 2 nitrogen and oxygen atoms in total. The van der Waals surface area contributed by atoms with Crippen LogP contribution in [0.4, 0.5) is 0 Å². The van der Waals surface area contributed by atoms with Crippen LogP contribution in [0.25, 0.3) is 0 Å². The molecule has 1 aliphatic heterocycles. The van der Waals surface area contributed by atoms with Crippen LogP contribution >= 0.6 is 0 Å². The van der Waals surface area contributed by atoms with E-state index in [1.165, 1.54) is 77.4 Å². The molecule has 0 aromatic rings. The molecule has 0 aromatic carbocycles. The van der Waals surface area contributed by atoms with Crippen LogP contribution in [0.5, 0.6) is 0 Å². The van der Waals surface area contributed by atoms with Crippen LogP contribution in [0, 0.1) is 0 Å². The first-order chi connectivity index (χ1) is 8.40. The molecule has 2 rings (SSSR count). The first-order valence-electron chi connectivity index (χ1n) is 7.87. The Morgan fingerprint density at radius 2 is 1.76 bits per heavy atom. The summed E-state index contributed by atoms with van der Waals surface area (Å²) in [5.74, 6) is 0. The molecule has 1 saturated heterocycles. The Hall–Kier alpha value is -0.0800. The van der Waals surface area contributed by atoms with Crippen molar-refractivity contribution in [1.82, 2.24) is 10.2 Å².